The highest BCUT2D eigenvalue weighted by molar-refractivity contribution is 8.77. The van der Waals surface area contributed by atoms with Crippen molar-refractivity contribution < 1.29 is 0 Å². The van der Waals surface area contributed by atoms with E-state index in [1.54, 1.807) is 0 Å². The first-order valence-corrected chi connectivity index (χ1v) is 13.6. The number of hydrogen-bond donors (Lipinski definition) is 2. The molecular formula is C16H30N2S4. The van der Waals surface area contributed by atoms with Crippen LogP contribution in [0.2, 0.25) is 0 Å². The molecule has 0 atom stereocenters. The standard InChI is InChI=1S/C16H30N2S4/c17-1-3-19-21-11-15-6-13-5-14(7-15)9-16(8-13,10-15)12-22-20-4-2-18/h13-14H,1-12,17-18H2. The van der Waals surface area contributed by atoms with Crippen molar-refractivity contribution >= 4 is 43.2 Å². The predicted molar refractivity (Wildman–Crippen MR) is 107 cm³/mol. The average molecular weight is 379 g/mol. The van der Waals surface area contributed by atoms with E-state index in [0.717, 1.165) is 36.4 Å². The first kappa shape index (κ1) is 18.1. The zero-order chi connectivity index (χ0) is 15.5. The van der Waals surface area contributed by atoms with Crippen molar-refractivity contribution in [3.05, 3.63) is 0 Å². The average Bonchev–Trinajstić information content (AvgIpc) is 2.47. The van der Waals surface area contributed by atoms with Gasteiger partial charge in [-0.2, -0.15) is 0 Å². The van der Waals surface area contributed by atoms with Crippen molar-refractivity contribution in [1.29, 1.82) is 0 Å². The van der Waals surface area contributed by atoms with E-state index < -0.39 is 0 Å². The van der Waals surface area contributed by atoms with Crippen LogP contribution in [-0.2, 0) is 0 Å². The Bertz CT molecular complexity index is 322. The molecule has 0 aliphatic heterocycles. The normalized spacial score (nSPS) is 39.5. The number of rotatable bonds is 10. The van der Waals surface area contributed by atoms with Gasteiger partial charge in [-0.15, -0.1) is 0 Å². The second kappa shape index (κ2) is 8.13. The van der Waals surface area contributed by atoms with Gasteiger partial charge in [-0.1, -0.05) is 43.2 Å². The fourth-order valence-electron chi connectivity index (χ4n) is 5.53. The van der Waals surface area contributed by atoms with Gasteiger partial charge in [0.25, 0.3) is 0 Å². The highest BCUT2D eigenvalue weighted by Gasteiger charge is 2.57. The highest BCUT2D eigenvalue weighted by Crippen LogP contribution is 2.67. The summed E-state index contributed by atoms with van der Waals surface area (Å²) in [5, 5.41) is 0. The molecule has 22 heavy (non-hydrogen) atoms. The summed E-state index contributed by atoms with van der Waals surface area (Å²) in [6, 6.07) is 0. The Kier molecular flexibility index (Phi) is 6.70. The maximum Gasteiger partial charge on any atom is 0.0160 e. The maximum absolute atomic E-state index is 5.63. The van der Waals surface area contributed by atoms with Crippen molar-refractivity contribution in [2.24, 2.45) is 34.1 Å². The molecule has 0 amide bonds. The van der Waals surface area contributed by atoms with Gasteiger partial charge in [-0.05, 0) is 61.2 Å². The molecule has 4 saturated carbocycles. The van der Waals surface area contributed by atoms with Gasteiger partial charge < -0.3 is 11.5 Å². The highest BCUT2D eigenvalue weighted by atomic mass is 33.1. The van der Waals surface area contributed by atoms with Gasteiger partial charge in [-0.3, -0.25) is 0 Å². The molecule has 4 aliphatic carbocycles. The van der Waals surface area contributed by atoms with Gasteiger partial charge >= 0.3 is 0 Å². The van der Waals surface area contributed by atoms with Crippen LogP contribution in [0.15, 0.2) is 0 Å². The Labute approximate surface area is 151 Å². The van der Waals surface area contributed by atoms with Crippen LogP contribution in [0.3, 0.4) is 0 Å². The van der Waals surface area contributed by atoms with Crippen LogP contribution in [0.5, 0.6) is 0 Å². The van der Waals surface area contributed by atoms with E-state index in [2.05, 4.69) is 21.6 Å². The molecule has 4 aliphatic rings. The lowest BCUT2D eigenvalue weighted by Gasteiger charge is -2.62. The molecule has 0 unspecified atom stereocenters. The molecule has 0 aromatic carbocycles. The van der Waals surface area contributed by atoms with Gasteiger partial charge in [0.1, 0.15) is 0 Å². The Hall–Kier alpha value is 1.32. The molecule has 0 saturated heterocycles. The molecule has 0 radical (unpaired) electrons. The largest absolute Gasteiger partial charge is 0.330 e. The van der Waals surface area contributed by atoms with Gasteiger partial charge in [0, 0.05) is 36.1 Å². The van der Waals surface area contributed by atoms with Crippen LogP contribution in [0.25, 0.3) is 0 Å². The Morgan fingerprint density at radius 2 is 1.18 bits per heavy atom. The van der Waals surface area contributed by atoms with Gasteiger partial charge in [0.2, 0.25) is 0 Å². The molecule has 128 valence electrons. The lowest BCUT2D eigenvalue weighted by atomic mass is 9.45. The molecule has 4 N–H and O–H groups in total. The van der Waals surface area contributed by atoms with Crippen LogP contribution in [0, 0.1) is 22.7 Å². The number of hydrogen-bond acceptors (Lipinski definition) is 6. The van der Waals surface area contributed by atoms with Crippen molar-refractivity contribution in [3.8, 4) is 0 Å². The third-order valence-electron chi connectivity index (χ3n) is 5.60. The first-order chi connectivity index (χ1) is 10.7. The molecule has 0 aromatic rings. The quantitative estimate of drug-likeness (QED) is 0.438. The molecule has 0 heterocycles. The van der Waals surface area contributed by atoms with Gasteiger partial charge in [0.05, 0.1) is 0 Å². The van der Waals surface area contributed by atoms with E-state index in [4.69, 9.17) is 11.5 Å². The summed E-state index contributed by atoms with van der Waals surface area (Å²) in [7, 11) is 8.20. The predicted octanol–water partition coefficient (Wildman–Crippen LogP) is 4.25. The SMILES string of the molecule is NCCSSCC12CC3CC(C1)CC(CSSCCN)(C3)C2. The smallest absolute Gasteiger partial charge is 0.0160 e. The molecule has 4 bridgehead atoms. The third-order valence-corrected chi connectivity index (χ3v) is 10.9. The summed E-state index contributed by atoms with van der Waals surface area (Å²) in [6.45, 7) is 1.63. The molecule has 4 rings (SSSR count). The molecule has 6 heteroatoms. The minimum absolute atomic E-state index is 0.662. The summed E-state index contributed by atoms with van der Waals surface area (Å²) in [4.78, 5) is 0. The van der Waals surface area contributed by atoms with E-state index in [1.807, 2.05) is 21.6 Å². The lowest BCUT2D eigenvalue weighted by molar-refractivity contribution is -0.0868. The van der Waals surface area contributed by atoms with Crippen LogP contribution in [0.1, 0.15) is 38.5 Å². The van der Waals surface area contributed by atoms with Crippen molar-refractivity contribution in [1.82, 2.24) is 0 Å². The first-order valence-electron chi connectivity index (χ1n) is 8.58. The Balaban J connectivity index is 1.57. The summed E-state index contributed by atoms with van der Waals surface area (Å²) >= 11 is 0. The third kappa shape index (κ3) is 4.29. The monoisotopic (exact) mass is 378 g/mol. The van der Waals surface area contributed by atoms with Crippen molar-refractivity contribution in [2.75, 3.05) is 36.1 Å². The lowest BCUT2D eigenvalue weighted by Crippen LogP contribution is -2.53. The van der Waals surface area contributed by atoms with E-state index in [0.29, 0.717) is 10.8 Å². The van der Waals surface area contributed by atoms with Gasteiger partial charge in [0.15, 0.2) is 0 Å². The zero-order valence-electron chi connectivity index (χ0n) is 13.4. The minimum Gasteiger partial charge on any atom is -0.330 e. The second-order valence-corrected chi connectivity index (χ2v) is 12.9. The number of nitrogens with two attached hydrogens (primary N) is 2. The van der Waals surface area contributed by atoms with E-state index in [9.17, 15) is 0 Å². The Morgan fingerprint density at radius 3 is 1.59 bits per heavy atom. The fraction of sp³-hybridized carbons (Fsp3) is 1.00. The van der Waals surface area contributed by atoms with Crippen LogP contribution in [0.4, 0.5) is 0 Å². The van der Waals surface area contributed by atoms with Crippen LogP contribution >= 0.6 is 43.2 Å². The van der Waals surface area contributed by atoms with E-state index in [1.165, 1.54) is 50.0 Å². The minimum atomic E-state index is 0.662. The summed E-state index contributed by atoms with van der Waals surface area (Å²) in [5.41, 5.74) is 12.6. The Morgan fingerprint density at radius 1 is 0.727 bits per heavy atom. The summed E-state index contributed by atoms with van der Waals surface area (Å²) in [6.07, 6.45) is 9.10. The summed E-state index contributed by atoms with van der Waals surface area (Å²) < 4.78 is 0. The second-order valence-electron chi connectivity index (χ2n) is 7.71. The topological polar surface area (TPSA) is 52.0 Å². The molecular weight excluding hydrogens is 348 g/mol. The van der Waals surface area contributed by atoms with Crippen LogP contribution < -0.4 is 11.5 Å². The van der Waals surface area contributed by atoms with Crippen LogP contribution in [-0.4, -0.2) is 36.1 Å². The molecule has 4 fully saturated rings. The van der Waals surface area contributed by atoms with Gasteiger partial charge in [-0.25, -0.2) is 0 Å². The van der Waals surface area contributed by atoms with Crippen molar-refractivity contribution in [3.63, 3.8) is 0 Å². The van der Waals surface area contributed by atoms with E-state index >= 15 is 0 Å². The maximum atomic E-state index is 5.63. The molecule has 2 nitrogen and oxygen atoms in total. The molecule has 0 spiro atoms. The summed E-state index contributed by atoms with van der Waals surface area (Å²) in [5.74, 6) is 7.00. The van der Waals surface area contributed by atoms with Crippen molar-refractivity contribution in [2.45, 2.75) is 38.5 Å². The molecule has 0 aromatic heterocycles. The van der Waals surface area contributed by atoms with E-state index in [-0.39, 0.29) is 0 Å². The fourth-order valence-corrected chi connectivity index (χ4v) is 10.6. The zero-order valence-corrected chi connectivity index (χ0v) is 16.7.